The second kappa shape index (κ2) is 5.65. The van der Waals surface area contributed by atoms with Gasteiger partial charge in [-0.15, -0.1) is 11.3 Å². The number of hydrogen-bond donors (Lipinski definition) is 1. The second-order valence-corrected chi connectivity index (χ2v) is 7.17. The van der Waals surface area contributed by atoms with E-state index in [1.807, 2.05) is 18.2 Å². The molecule has 1 aromatic carbocycles. The molecule has 1 heterocycles. The molecule has 0 saturated carbocycles. The maximum atomic E-state index is 10.2. The third-order valence-electron chi connectivity index (χ3n) is 2.67. The lowest BCUT2D eigenvalue weighted by Crippen LogP contribution is -2.00. The largest absolute Gasteiger partial charge is 0.387 e. The summed E-state index contributed by atoms with van der Waals surface area (Å²) in [5.41, 5.74) is 2.42. The lowest BCUT2D eigenvalue weighted by Gasteiger charge is -2.10. The first-order valence-electron chi connectivity index (χ1n) is 5.25. The minimum atomic E-state index is -0.441. The van der Waals surface area contributed by atoms with E-state index >= 15 is 0 Å². The molecule has 17 heavy (non-hydrogen) atoms. The molecule has 0 amide bonds. The fraction of sp³-hybridized carbons (Fsp3) is 0.231. The van der Waals surface area contributed by atoms with Crippen LogP contribution < -0.4 is 0 Å². The van der Waals surface area contributed by atoms with Gasteiger partial charge in [-0.05, 0) is 56.0 Å². The van der Waals surface area contributed by atoms with Crippen molar-refractivity contribution in [1.82, 2.24) is 0 Å². The summed E-state index contributed by atoms with van der Waals surface area (Å²) < 4.78 is 2.03. The van der Waals surface area contributed by atoms with Crippen LogP contribution in [-0.2, 0) is 6.42 Å². The minimum absolute atomic E-state index is 0.441. The molecule has 1 unspecified atom stereocenters. The number of aliphatic hydroxyl groups is 1. The van der Waals surface area contributed by atoms with Crippen molar-refractivity contribution in [3.63, 3.8) is 0 Å². The van der Waals surface area contributed by atoms with Crippen molar-refractivity contribution in [3.05, 3.63) is 54.6 Å². The zero-order chi connectivity index (χ0) is 12.4. The molecule has 1 atom stereocenters. The Kier molecular flexibility index (Phi) is 4.42. The van der Waals surface area contributed by atoms with Crippen molar-refractivity contribution in [2.75, 3.05) is 0 Å². The van der Waals surface area contributed by atoms with Crippen molar-refractivity contribution in [2.24, 2.45) is 0 Å². The van der Waals surface area contributed by atoms with Crippen molar-refractivity contribution >= 4 is 43.2 Å². The van der Waals surface area contributed by atoms with E-state index in [0.717, 1.165) is 13.1 Å². The Morgan fingerprint density at radius 2 is 2.00 bits per heavy atom. The average Bonchev–Trinajstić information content (AvgIpc) is 2.63. The molecule has 0 bridgehead atoms. The van der Waals surface area contributed by atoms with Gasteiger partial charge in [0, 0.05) is 15.8 Å². The molecule has 0 saturated heterocycles. The molecule has 0 aliphatic carbocycles. The van der Waals surface area contributed by atoms with Crippen molar-refractivity contribution in [3.8, 4) is 0 Å². The van der Waals surface area contributed by atoms with Crippen LogP contribution in [0.4, 0.5) is 0 Å². The molecule has 2 rings (SSSR count). The lowest BCUT2D eigenvalue weighted by atomic mass is 10.0. The van der Waals surface area contributed by atoms with Gasteiger partial charge in [0.05, 0.1) is 9.89 Å². The van der Waals surface area contributed by atoms with Gasteiger partial charge in [-0.1, -0.05) is 24.3 Å². The molecule has 4 heteroatoms. The standard InChI is InChI=1S/C13H12Br2OS/c1-8-4-2-3-5-9(8)6-11(16)12-7-10(14)13(15)17-12/h2-5,7,11,16H,6H2,1H3. The van der Waals surface area contributed by atoms with Gasteiger partial charge in [-0.3, -0.25) is 0 Å². The van der Waals surface area contributed by atoms with Crippen LogP contribution in [0.3, 0.4) is 0 Å². The number of aliphatic hydroxyl groups excluding tert-OH is 1. The molecule has 1 N–H and O–H groups in total. The van der Waals surface area contributed by atoms with Gasteiger partial charge in [0.25, 0.3) is 0 Å². The lowest BCUT2D eigenvalue weighted by molar-refractivity contribution is 0.182. The maximum Gasteiger partial charge on any atom is 0.0923 e. The first kappa shape index (κ1) is 13.3. The van der Waals surface area contributed by atoms with Gasteiger partial charge in [0.2, 0.25) is 0 Å². The first-order chi connectivity index (χ1) is 8.08. The third-order valence-corrected chi connectivity index (χ3v) is 6.02. The second-order valence-electron chi connectivity index (χ2n) is 3.92. The average molecular weight is 376 g/mol. The van der Waals surface area contributed by atoms with Gasteiger partial charge < -0.3 is 5.11 Å². The summed E-state index contributed by atoms with van der Waals surface area (Å²) >= 11 is 8.45. The van der Waals surface area contributed by atoms with Crippen LogP contribution in [0.1, 0.15) is 22.1 Å². The fourth-order valence-electron chi connectivity index (χ4n) is 1.68. The van der Waals surface area contributed by atoms with Crippen LogP contribution in [-0.4, -0.2) is 5.11 Å². The Balaban J connectivity index is 2.17. The Bertz CT molecular complexity index is 502. The van der Waals surface area contributed by atoms with E-state index in [2.05, 4.69) is 50.9 Å². The van der Waals surface area contributed by atoms with E-state index in [0.29, 0.717) is 6.42 Å². The number of hydrogen-bond acceptors (Lipinski definition) is 2. The Labute approximate surface area is 122 Å². The molecule has 90 valence electrons. The summed E-state index contributed by atoms with van der Waals surface area (Å²) in [6.07, 6.45) is 0.218. The topological polar surface area (TPSA) is 20.2 Å². The van der Waals surface area contributed by atoms with Crippen molar-refractivity contribution in [1.29, 1.82) is 0 Å². The highest BCUT2D eigenvalue weighted by atomic mass is 79.9. The number of aryl methyl sites for hydroxylation is 1. The minimum Gasteiger partial charge on any atom is -0.387 e. The Hall–Kier alpha value is -0.160. The van der Waals surface area contributed by atoms with Crippen LogP contribution in [0, 0.1) is 6.92 Å². The third kappa shape index (κ3) is 3.19. The van der Waals surface area contributed by atoms with Gasteiger partial charge in [0.1, 0.15) is 0 Å². The summed E-state index contributed by atoms with van der Waals surface area (Å²) in [4.78, 5) is 0.979. The van der Waals surface area contributed by atoms with Crippen LogP contribution >= 0.6 is 43.2 Å². The number of thiophene rings is 1. The normalized spacial score (nSPS) is 12.7. The summed E-state index contributed by atoms with van der Waals surface area (Å²) in [6, 6.07) is 10.1. The predicted molar refractivity (Wildman–Crippen MR) is 79.6 cm³/mol. The molecule has 1 nitrogen and oxygen atoms in total. The molecule has 0 radical (unpaired) electrons. The molecular formula is C13H12Br2OS. The molecule has 0 aliphatic heterocycles. The highest BCUT2D eigenvalue weighted by Gasteiger charge is 2.14. The monoisotopic (exact) mass is 374 g/mol. The molecule has 1 aromatic heterocycles. The quantitative estimate of drug-likeness (QED) is 0.812. The highest BCUT2D eigenvalue weighted by molar-refractivity contribution is 9.13. The zero-order valence-corrected chi connectivity index (χ0v) is 13.3. The first-order valence-corrected chi connectivity index (χ1v) is 7.65. The molecular weight excluding hydrogens is 364 g/mol. The maximum absolute atomic E-state index is 10.2. The smallest absolute Gasteiger partial charge is 0.0923 e. The van der Waals surface area contributed by atoms with Crippen LogP contribution in [0.2, 0.25) is 0 Å². The Morgan fingerprint density at radius 1 is 1.29 bits per heavy atom. The molecule has 2 aromatic rings. The number of halogens is 2. The highest BCUT2D eigenvalue weighted by Crippen LogP contribution is 2.36. The van der Waals surface area contributed by atoms with Gasteiger partial charge in [0.15, 0.2) is 0 Å². The predicted octanol–water partition coefficient (Wildman–Crippen LogP) is 4.86. The van der Waals surface area contributed by atoms with E-state index in [9.17, 15) is 5.11 Å². The van der Waals surface area contributed by atoms with Crippen LogP contribution in [0.25, 0.3) is 0 Å². The van der Waals surface area contributed by atoms with Crippen LogP contribution in [0.5, 0.6) is 0 Å². The number of rotatable bonds is 3. The Morgan fingerprint density at radius 3 is 2.59 bits per heavy atom. The summed E-state index contributed by atoms with van der Waals surface area (Å²) in [5.74, 6) is 0. The molecule has 0 spiro atoms. The molecule has 0 aliphatic rings. The van der Waals surface area contributed by atoms with Gasteiger partial charge >= 0.3 is 0 Å². The van der Waals surface area contributed by atoms with E-state index in [4.69, 9.17) is 0 Å². The van der Waals surface area contributed by atoms with E-state index in [-0.39, 0.29) is 0 Å². The van der Waals surface area contributed by atoms with E-state index in [1.165, 1.54) is 11.1 Å². The van der Waals surface area contributed by atoms with E-state index in [1.54, 1.807) is 11.3 Å². The molecule has 0 fully saturated rings. The number of benzene rings is 1. The fourth-order valence-corrected chi connectivity index (χ4v) is 3.75. The van der Waals surface area contributed by atoms with Crippen molar-refractivity contribution < 1.29 is 5.11 Å². The van der Waals surface area contributed by atoms with E-state index < -0.39 is 6.10 Å². The summed E-state index contributed by atoms with van der Waals surface area (Å²) in [5, 5.41) is 10.2. The summed E-state index contributed by atoms with van der Waals surface area (Å²) in [6.45, 7) is 2.07. The van der Waals surface area contributed by atoms with Crippen LogP contribution in [0.15, 0.2) is 38.6 Å². The summed E-state index contributed by atoms with van der Waals surface area (Å²) in [7, 11) is 0. The zero-order valence-electron chi connectivity index (χ0n) is 9.28. The SMILES string of the molecule is Cc1ccccc1CC(O)c1cc(Br)c(Br)s1. The van der Waals surface area contributed by atoms with Gasteiger partial charge in [-0.25, -0.2) is 0 Å². The van der Waals surface area contributed by atoms with Gasteiger partial charge in [-0.2, -0.15) is 0 Å². The van der Waals surface area contributed by atoms with Crippen molar-refractivity contribution in [2.45, 2.75) is 19.4 Å².